The van der Waals surface area contributed by atoms with E-state index in [2.05, 4.69) is 24.8 Å². The van der Waals surface area contributed by atoms with E-state index in [1.807, 2.05) is 11.0 Å². The molecule has 9 nitrogen and oxygen atoms in total. The molecule has 12 heteroatoms. The fraction of sp³-hybridized carbons (Fsp3) is 0.389. The van der Waals surface area contributed by atoms with Gasteiger partial charge in [-0.25, -0.2) is 19.6 Å². The summed E-state index contributed by atoms with van der Waals surface area (Å²) in [6.07, 6.45) is -1.64. The van der Waals surface area contributed by atoms with Crippen molar-refractivity contribution in [3.63, 3.8) is 0 Å². The zero-order valence-corrected chi connectivity index (χ0v) is 16.0. The molecule has 4 heterocycles. The number of hydrogen-bond donors (Lipinski definition) is 0. The van der Waals surface area contributed by atoms with Gasteiger partial charge in [-0.3, -0.25) is 4.79 Å². The molecular formula is C18H18F3N7O2. The topological polar surface area (TPSA) is 89.3 Å². The van der Waals surface area contributed by atoms with Crippen LogP contribution in [0.3, 0.4) is 0 Å². The summed E-state index contributed by atoms with van der Waals surface area (Å²) in [6.45, 7) is 0.341. The predicted octanol–water partition coefficient (Wildman–Crippen LogP) is 1.66. The fourth-order valence-corrected chi connectivity index (χ4v) is 3.27. The second-order valence-corrected chi connectivity index (χ2v) is 6.74. The molecule has 0 unspecified atom stereocenters. The highest BCUT2D eigenvalue weighted by Crippen LogP contribution is 2.22. The molecule has 0 atom stereocenters. The Morgan fingerprint density at radius 3 is 2.67 bits per heavy atom. The van der Waals surface area contributed by atoms with Crippen molar-refractivity contribution in [2.75, 3.05) is 37.7 Å². The molecule has 1 aliphatic heterocycles. The van der Waals surface area contributed by atoms with E-state index in [4.69, 9.17) is 0 Å². The minimum absolute atomic E-state index is 0.150. The Labute approximate surface area is 169 Å². The highest BCUT2D eigenvalue weighted by Gasteiger charge is 2.29. The van der Waals surface area contributed by atoms with E-state index in [-0.39, 0.29) is 11.8 Å². The SMILES string of the molecule is Cn1nc(C(=O)N2CCN(c3cc(OCC(F)(F)F)ncn3)CC2)c2cccnc21. The van der Waals surface area contributed by atoms with Gasteiger partial charge in [-0.05, 0) is 12.1 Å². The van der Waals surface area contributed by atoms with E-state index < -0.39 is 12.8 Å². The molecule has 0 radical (unpaired) electrons. The first-order valence-electron chi connectivity index (χ1n) is 9.15. The minimum Gasteiger partial charge on any atom is -0.468 e. The number of ether oxygens (including phenoxy) is 1. The third kappa shape index (κ3) is 4.11. The van der Waals surface area contributed by atoms with Crippen LogP contribution in [-0.2, 0) is 7.05 Å². The summed E-state index contributed by atoms with van der Waals surface area (Å²) in [6, 6.07) is 4.93. The number of fused-ring (bicyclic) bond motifs is 1. The molecule has 1 fully saturated rings. The van der Waals surface area contributed by atoms with Gasteiger partial charge in [-0.1, -0.05) is 0 Å². The number of aromatic nitrogens is 5. The maximum absolute atomic E-state index is 13.0. The second kappa shape index (κ2) is 7.76. The molecule has 4 rings (SSSR count). The average molecular weight is 421 g/mol. The summed E-state index contributed by atoms with van der Waals surface area (Å²) >= 11 is 0. The number of nitrogens with zero attached hydrogens (tertiary/aromatic N) is 7. The first-order valence-corrected chi connectivity index (χ1v) is 9.15. The molecule has 0 aromatic carbocycles. The van der Waals surface area contributed by atoms with Gasteiger partial charge in [-0.2, -0.15) is 18.3 Å². The Balaban J connectivity index is 1.42. The molecule has 0 spiro atoms. The summed E-state index contributed by atoms with van der Waals surface area (Å²) in [4.78, 5) is 28.6. The second-order valence-electron chi connectivity index (χ2n) is 6.74. The third-order valence-corrected chi connectivity index (χ3v) is 4.70. The number of carbonyl (C=O) groups is 1. The van der Waals surface area contributed by atoms with Crippen LogP contribution in [0.2, 0.25) is 0 Å². The molecule has 158 valence electrons. The quantitative estimate of drug-likeness (QED) is 0.633. The summed E-state index contributed by atoms with van der Waals surface area (Å²) in [5.74, 6) is 0.107. The van der Waals surface area contributed by atoms with E-state index >= 15 is 0 Å². The number of rotatable bonds is 4. The molecule has 3 aromatic rings. The van der Waals surface area contributed by atoms with Crippen molar-refractivity contribution in [2.45, 2.75) is 6.18 Å². The number of aryl methyl sites for hydroxylation is 1. The molecule has 0 saturated carbocycles. The van der Waals surface area contributed by atoms with Crippen LogP contribution in [0.25, 0.3) is 11.0 Å². The fourth-order valence-electron chi connectivity index (χ4n) is 3.27. The number of alkyl halides is 3. The Hall–Kier alpha value is -3.44. The highest BCUT2D eigenvalue weighted by molar-refractivity contribution is 6.04. The van der Waals surface area contributed by atoms with Crippen LogP contribution < -0.4 is 9.64 Å². The molecule has 1 aliphatic rings. The Kier molecular flexibility index (Phi) is 5.14. The number of carbonyl (C=O) groups excluding carboxylic acids is 1. The highest BCUT2D eigenvalue weighted by atomic mass is 19.4. The van der Waals surface area contributed by atoms with E-state index in [1.165, 1.54) is 6.07 Å². The first-order chi connectivity index (χ1) is 14.3. The van der Waals surface area contributed by atoms with Crippen molar-refractivity contribution in [1.29, 1.82) is 0 Å². The van der Waals surface area contributed by atoms with E-state index in [1.54, 1.807) is 28.9 Å². The minimum atomic E-state index is -4.44. The monoisotopic (exact) mass is 421 g/mol. The van der Waals surface area contributed by atoms with Crippen LogP contribution in [0.4, 0.5) is 19.0 Å². The standard InChI is InChI=1S/C18H18F3N7O2/c1-26-16-12(3-2-4-22-16)15(25-26)17(29)28-7-5-27(6-8-28)13-9-14(24-11-23-13)30-10-18(19,20)21/h2-4,9,11H,5-8,10H2,1H3. The number of piperazine rings is 1. The largest absolute Gasteiger partial charge is 0.468 e. The van der Waals surface area contributed by atoms with Gasteiger partial charge in [0, 0.05) is 45.5 Å². The lowest BCUT2D eigenvalue weighted by Gasteiger charge is -2.35. The Bertz CT molecular complexity index is 1060. The van der Waals surface area contributed by atoms with Crippen LogP contribution in [0.1, 0.15) is 10.5 Å². The van der Waals surface area contributed by atoms with Crippen LogP contribution in [0.5, 0.6) is 5.88 Å². The van der Waals surface area contributed by atoms with Crippen molar-refractivity contribution in [2.24, 2.45) is 7.05 Å². The maximum Gasteiger partial charge on any atom is 0.422 e. The number of hydrogen-bond acceptors (Lipinski definition) is 7. The Morgan fingerprint density at radius 2 is 1.93 bits per heavy atom. The summed E-state index contributed by atoms with van der Waals surface area (Å²) in [7, 11) is 1.73. The van der Waals surface area contributed by atoms with Crippen LogP contribution in [0.15, 0.2) is 30.7 Å². The zero-order chi connectivity index (χ0) is 21.3. The smallest absolute Gasteiger partial charge is 0.422 e. The number of anilines is 1. The third-order valence-electron chi connectivity index (χ3n) is 4.70. The first kappa shape index (κ1) is 19.9. The zero-order valence-electron chi connectivity index (χ0n) is 16.0. The lowest BCUT2D eigenvalue weighted by atomic mass is 10.2. The van der Waals surface area contributed by atoms with Crippen LogP contribution in [0, 0.1) is 0 Å². The van der Waals surface area contributed by atoms with Gasteiger partial charge in [0.25, 0.3) is 5.91 Å². The van der Waals surface area contributed by atoms with Gasteiger partial charge < -0.3 is 14.5 Å². The average Bonchev–Trinajstić information content (AvgIpc) is 3.08. The summed E-state index contributed by atoms with van der Waals surface area (Å²) < 4.78 is 43.2. The van der Waals surface area contributed by atoms with Gasteiger partial charge in [0.2, 0.25) is 5.88 Å². The van der Waals surface area contributed by atoms with Gasteiger partial charge in [0.05, 0.1) is 5.39 Å². The Morgan fingerprint density at radius 1 is 1.17 bits per heavy atom. The number of pyridine rings is 1. The number of amides is 1. The van der Waals surface area contributed by atoms with Gasteiger partial charge in [0.15, 0.2) is 17.9 Å². The molecule has 0 aliphatic carbocycles. The van der Waals surface area contributed by atoms with Crippen molar-refractivity contribution >= 4 is 22.8 Å². The molecule has 3 aromatic heterocycles. The summed E-state index contributed by atoms with van der Waals surface area (Å²) in [5.41, 5.74) is 0.978. The lowest BCUT2D eigenvalue weighted by Crippen LogP contribution is -2.49. The summed E-state index contributed by atoms with van der Waals surface area (Å²) in [5, 5.41) is 5.00. The van der Waals surface area contributed by atoms with Gasteiger partial charge in [-0.15, -0.1) is 0 Å². The van der Waals surface area contributed by atoms with Crippen molar-refractivity contribution in [3.05, 3.63) is 36.4 Å². The van der Waals surface area contributed by atoms with E-state index in [0.717, 1.165) is 6.33 Å². The van der Waals surface area contributed by atoms with Crippen LogP contribution >= 0.6 is 0 Å². The predicted molar refractivity (Wildman–Crippen MR) is 100 cm³/mol. The van der Waals surface area contributed by atoms with Gasteiger partial charge >= 0.3 is 6.18 Å². The molecule has 0 bridgehead atoms. The molecular weight excluding hydrogens is 403 g/mol. The van der Waals surface area contributed by atoms with Gasteiger partial charge in [0.1, 0.15) is 12.1 Å². The molecule has 0 N–H and O–H groups in total. The van der Waals surface area contributed by atoms with E-state index in [0.29, 0.717) is 48.7 Å². The lowest BCUT2D eigenvalue weighted by molar-refractivity contribution is -0.154. The van der Waals surface area contributed by atoms with Crippen LogP contribution in [-0.4, -0.2) is 74.5 Å². The van der Waals surface area contributed by atoms with E-state index in [9.17, 15) is 18.0 Å². The normalized spacial score (nSPS) is 14.9. The molecule has 1 saturated heterocycles. The van der Waals surface area contributed by atoms with Crippen molar-refractivity contribution in [3.8, 4) is 5.88 Å². The van der Waals surface area contributed by atoms with Crippen molar-refractivity contribution < 1.29 is 22.7 Å². The van der Waals surface area contributed by atoms with Crippen molar-refractivity contribution in [1.82, 2.24) is 29.6 Å². The molecule has 30 heavy (non-hydrogen) atoms. The maximum atomic E-state index is 13.0. The number of halogens is 3. The molecule has 1 amide bonds.